The van der Waals surface area contributed by atoms with Gasteiger partial charge in [-0.2, -0.15) is 0 Å². The molecule has 1 aliphatic heterocycles. The van der Waals surface area contributed by atoms with Gasteiger partial charge < -0.3 is 34.7 Å². The summed E-state index contributed by atoms with van der Waals surface area (Å²) >= 11 is 9.98. The number of hydrogen-bond donors (Lipinski definition) is 3. The molecule has 1 unspecified atom stereocenters. The number of benzene rings is 1. The monoisotopic (exact) mass is 584 g/mol. The number of ketones is 1. The van der Waals surface area contributed by atoms with Crippen molar-refractivity contribution in [3.63, 3.8) is 0 Å². The summed E-state index contributed by atoms with van der Waals surface area (Å²) in [5, 5.41) is 41.2. The molecule has 8 nitrogen and oxygen atoms in total. The minimum absolute atomic E-state index is 0. The van der Waals surface area contributed by atoms with Crippen molar-refractivity contribution in [3.05, 3.63) is 32.5 Å². The van der Waals surface area contributed by atoms with Gasteiger partial charge in [-0.25, -0.2) is 4.39 Å². The summed E-state index contributed by atoms with van der Waals surface area (Å²) in [6, 6.07) is 1.20. The molecule has 6 atom stereocenters. The number of fused-ring (bicyclic) bond motifs is 3. The van der Waals surface area contributed by atoms with Gasteiger partial charge in [-0.15, -0.1) is 0 Å². The van der Waals surface area contributed by atoms with Crippen molar-refractivity contribution in [2.45, 2.75) is 76.2 Å². The van der Waals surface area contributed by atoms with Crippen LogP contribution in [-0.4, -0.2) is 57.8 Å². The Morgan fingerprint density at radius 2 is 2.03 bits per heavy atom. The molecule has 12 heteroatoms. The molecule has 1 heterocycles. The summed E-state index contributed by atoms with van der Waals surface area (Å²) in [5.41, 5.74) is 1.40. The predicted molar refractivity (Wildman–Crippen MR) is 119 cm³/mol. The van der Waals surface area contributed by atoms with Gasteiger partial charge in [0.2, 0.25) is 6.29 Å². The number of allylic oxidation sites excluding steroid dienone is 2. The fourth-order valence-corrected chi connectivity index (χ4v) is 6.27. The third-order valence-corrected chi connectivity index (χ3v) is 8.17. The molecular weight excluding hydrogens is 562 g/mol. The van der Waals surface area contributed by atoms with E-state index in [2.05, 4.69) is 22.9 Å². The molecule has 0 bridgehead atoms. The van der Waals surface area contributed by atoms with Crippen LogP contribution in [0, 0.1) is 11.2 Å². The maximum atomic E-state index is 15.3. The molecule has 1 aromatic carbocycles. The number of aliphatic hydroxyl groups excluding tert-OH is 3. The summed E-state index contributed by atoms with van der Waals surface area (Å²) in [6.07, 6.45) is -5.60. The van der Waals surface area contributed by atoms with Crippen LogP contribution in [0.4, 0.5) is 4.39 Å². The average Bonchev–Trinajstić information content (AvgIpc) is 3.12. The Bertz CT molecular complexity index is 1070. The molecule has 2 aliphatic carbocycles. The Morgan fingerprint density at radius 1 is 1.34 bits per heavy atom. The van der Waals surface area contributed by atoms with Gasteiger partial charge in [0.1, 0.15) is 24.4 Å². The maximum Gasteiger partial charge on any atom is 1.00 e. The molecule has 1 saturated heterocycles. The number of halogens is 3. The standard InChI is InChI=1S/C23H25BrClFO8.Na/c1-2-3-5-23-6-4-12(27)14(24)13(23)9-7-11(26)19(15(25)10(9)8-23)33-22-18(30)16(28)17(29)20(34-22)21(31)32;/h7,16-18,20,22,28-30H,2-6,8H2,1H3,(H,31,32);/q;+1/p-1/t16-,17-,18+,20-,22?,23-;/m0./s1. The van der Waals surface area contributed by atoms with Gasteiger partial charge >= 0.3 is 29.6 Å². The topological polar surface area (TPSA) is 136 Å². The van der Waals surface area contributed by atoms with E-state index in [0.717, 1.165) is 24.8 Å². The van der Waals surface area contributed by atoms with Crippen LogP contribution in [0.5, 0.6) is 5.75 Å². The Kier molecular flexibility index (Phi) is 9.15. The van der Waals surface area contributed by atoms with Gasteiger partial charge in [-0.1, -0.05) is 31.4 Å². The van der Waals surface area contributed by atoms with E-state index in [4.69, 9.17) is 21.1 Å². The number of aliphatic carboxylic acids is 1. The molecule has 35 heavy (non-hydrogen) atoms. The largest absolute Gasteiger partial charge is 1.00 e. The van der Waals surface area contributed by atoms with Crippen LogP contribution in [0.25, 0.3) is 5.57 Å². The first-order chi connectivity index (χ1) is 16.0. The fourth-order valence-electron chi connectivity index (χ4n) is 5.13. The van der Waals surface area contributed by atoms with E-state index < -0.39 is 48.2 Å². The van der Waals surface area contributed by atoms with Crippen LogP contribution in [0.1, 0.15) is 50.2 Å². The molecule has 0 amide bonds. The number of aliphatic hydroxyl groups is 3. The number of carbonyl (C=O) groups is 2. The molecule has 0 saturated carbocycles. The molecule has 1 aromatic rings. The third kappa shape index (κ3) is 4.98. The second kappa shape index (κ2) is 11.0. The number of ether oxygens (including phenoxy) is 2. The predicted octanol–water partition coefficient (Wildman–Crippen LogP) is -1.38. The Morgan fingerprint density at radius 3 is 2.66 bits per heavy atom. The number of carboxylic acid groups (broad SMARTS) is 1. The maximum absolute atomic E-state index is 15.3. The molecule has 0 spiro atoms. The van der Waals surface area contributed by atoms with Crippen LogP contribution in [0.15, 0.2) is 10.5 Å². The zero-order valence-corrected chi connectivity index (χ0v) is 23.6. The Labute approximate surface area is 236 Å². The van der Waals surface area contributed by atoms with Crippen LogP contribution >= 0.6 is 27.5 Å². The van der Waals surface area contributed by atoms with Gasteiger partial charge in [-0.3, -0.25) is 4.79 Å². The second-order valence-corrected chi connectivity index (χ2v) is 10.2. The van der Waals surface area contributed by atoms with Gasteiger partial charge in [0.05, 0.1) is 15.5 Å². The smallest absolute Gasteiger partial charge is 0.547 e. The van der Waals surface area contributed by atoms with Gasteiger partial charge in [-0.05, 0) is 58.0 Å². The van der Waals surface area contributed by atoms with Crippen LogP contribution in [0.2, 0.25) is 5.02 Å². The van der Waals surface area contributed by atoms with Crippen LogP contribution in [0.3, 0.4) is 0 Å². The summed E-state index contributed by atoms with van der Waals surface area (Å²) in [5.74, 6) is -3.30. The third-order valence-electron chi connectivity index (χ3n) is 6.93. The van der Waals surface area contributed by atoms with E-state index in [1.165, 1.54) is 6.07 Å². The van der Waals surface area contributed by atoms with Crippen molar-refractivity contribution >= 4 is 44.9 Å². The van der Waals surface area contributed by atoms with E-state index in [1.807, 2.05) is 0 Å². The number of Topliss-reactive ketones (excluding diaryl/α,β-unsaturated/α-hetero) is 1. The summed E-state index contributed by atoms with van der Waals surface area (Å²) in [6.45, 7) is 2.06. The normalized spacial score (nSPS) is 32.1. The number of carbonyl (C=O) groups excluding carboxylic acids is 2. The van der Waals surface area contributed by atoms with E-state index in [9.17, 15) is 30.0 Å². The summed E-state index contributed by atoms with van der Waals surface area (Å²) in [4.78, 5) is 23.7. The van der Waals surface area contributed by atoms with Crippen molar-refractivity contribution in [1.29, 1.82) is 0 Å². The van der Waals surface area contributed by atoms with Crippen molar-refractivity contribution in [2.24, 2.45) is 5.41 Å². The molecule has 0 aromatic heterocycles. The molecule has 3 N–H and O–H groups in total. The number of carboxylic acids is 1. The van der Waals surface area contributed by atoms with E-state index in [1.54, 1.807) is 0 Å². The van der Waals surface area contributed by atoms with Gasteiger partial charge in [0.25, 0.3) is 0 Å². The van der Waals surface area contributed by atoms with E-state index in [0.29, 0.717) is 34.9 Å². The molecule has 3 aliphatic rings. The summed E-state index contributed by atoms with van der Waals surface area (Å²) in [7, 11) is 0. The first-order valence-electron chi connectivity index (χ1n) is 11.0. The molecule has 186 valence electrons. The SMILES string of the molecule is CCCC[C@@]12CCC(=O)C(Br)=C1c1cc(F)c(OC3O[C@H](C(=O)[O-])[C@@H](O)[C@H](O)[C@H]3O)c(Cl)c1C2.[Na+]. The van der Waals surface area contributed by atoms with Crippen LogP contribution in [-0.2, 0) is 20.7 Å². The molecule has 1 fully saturated rings. The second-order valence-electron chi connectivity index (χ2n) is 9.03. The minimum Gasteiger partial charge on any atom is -0.547 e. The Balaban J connectivity index is 0.00000342. The van der Waals surface area contributed by atoms with E-state index >= 15 is 4.39 Å². The van der Waals surface area contributed by atoms with Gasteiger partial charge in [0.15, 0.2) is 17.3 Å². The fraction of sp³-hybridized carbons (Fsp3) is 0.565. The van der Waals surface area contributed by atoms with Crippen molar-refractivity contribution < 1.29 is 73.4 Å². The Hall–Kier alpha value is -0.560. The number of rotatable bonds is 6. The molecular formula is C23H24BrClFNaO8. The van der Waals surface area contributed by atoms with E-state index in [-0.39, 0.29) is 45.8 Å². The zero-order valence-electron chi connectivity index (χ0n) is 19.2. The van der Waals surface area contributed by atoms with Crippen molar-refractivity contribution in [3.8, 4) is 5.75 Å². The van der Waals surface area contributed by atoms with Crippen molar-refractivity contribution in [1.82, 2.24) is 0 Å². The average molecular weight is 586 g/mol. The summed E-state index contributed by atoms with van der Waals surface area (Å²) < 4.78 is 26.2. The molecule has 0 radical (unpaired) electrons. The first-order valence-corrected chi connectivity index (χ1v) is 12.2. The zero-order chi connectivity index (χ0) is 24.9. The van der Waals surface area contributed by atoms with Gasteiger partial charge in [0, 0.05) is 11.8 Å². The molecule has 4 rings (SSSR count). The van der Waals surface area contributed by atoms with Crippen molar-refractivity contribution in [2.75, 3.05) is 0 Å². The quantitative estimate of drug-likeness (QED) is 0.348. The number of unbranched alkanes of at least 4 members (excludes halogenated alkanes) is 1. The van der Waals surface area contributed by atoms with Crippen LogP contribution < -0.4 is 39.4 Å². The number of hydrogen-bond acceptors (Lipinski definition) is 8. The minimum atomic E-state index is -2.01. The first kappa shape index (κ1) is 29.0.